The summed E-state index contributed by atoms with van der Waals surface area (Å²) in [6, 6.07) is 10.3. The van der Waals surface area contributed by atoms with Crippen LogP contribution in [-0.2, 0) is 20.7 Å². The number of nitrogens with zero attached hydrogens (tertiary/aromatic N) is 2. The molecule has 1 atom stereocenters. The predicted octanol–water partition coefficient (Wildman–Crippen LogP) is 2.25. The largest absolute Gasteiger partial charge is 0.371 e. The van der Waals surface area contributed by atoms with Gasteiger partial charge in [-0.05, 0) is 30.7 Å². The van der Waals surface area contributed by atoms with E-state index in [1.807, 2.05) is 23.1 Å². The van der Waals surface area contributed by atoms with E-state index in [1.54, 1.807) is 4.90 Å². The van der Waals surface area contributed by atoms with Crippen molar-refractivity contribution in [2.24, 2.45) is 5.92 Å². The minimum absolute atomic E-state index is 0.0771. The van der Waals surface area contributed by atoms with Crippen molar-refractivity contribution in [3.8, 4) is 0 Å². The summed E-state index contributed by atoms with van der Waals surface area (Å²) in [5.74, 6) is 0.500. The van der Waals surface area contributed by atoms with Crippen LogP contribution in [0.25, 0.3) is 0 Å². The summed E-state index contributed by atoms with van der Waals surface area (Å²) in [5, 5.41) is 0. The molecular formula is C21H28N2O3. The molecule has 1 saturated carbocycles. The fourth-order valence-electron chi connectivity index (χ4n) is 4.73. The molecule has 4 rings (SSSR count). The van der Waals surface area contributed by atoms with E-state index in [1.165, 1.54) is 18.4 Å². The number of amides is 2. The average molecular weight is 356 g/mol. The fraction of sp³-hybridized carbons (Fsp3) is 0.619. The second-order valence-corrected chi connectivity index (χ2v) is 8.09. The number of rotatable bonds is 4. The van der Waals surface area contributed by atoms with Gasteiger partial charge in [0, 0.05) is 26.1 Å². The minimum atomic E-state index is -0.112. The number of benzene rings is 1. The zero-order valence-electron chi connectivity index (χ0n) is 15.4. The normalized spacial score (nSPS) is 25.2. The van der Waals surface area contributed by atoms with E-state index < -0.39 is 0 Å². The number of hydrogen-bond acceptors (Lipinski definition) is 3. The molecule has 0 N–H and O–H groups in total. The molecule has 0 radical (unpaired) electrons. The Hall–Kier alpha value is -1.88. The van der Waals surface area contributed by atoms with Crippen molar-refractivity contribution in [2.45, 2.75) is 44.1 Å². The first-order valence-electron chi connectivity index (χ1n) is 9.87. The lowest BCUT2D eigenvalue weighted by Crippen LogP contribution is -2.54. The molecule has 140 valence electrons. The van der Waals surface area contributed by atoms with Crippen molar-refractivity contribution < 1.29 is 14.3 Å². The van der Waals surface area contributed by atoms with Gasteiger partial charge in [-0.25, -0.2) is 0 Å². The summed E-state index contributed by atoms with van der Waals surface area (Å²) in [5.41, 5.74) is 1.15. The number of hydrogen-bond donors (Lipinski definition) is 0. The molecule has 3 aliphatic rings. The molecule has 0 unspecified atom stereocenters. The number of ether oxygens (including phenoxy) is 1. The van der Waals surface area contributed by atoms with E-state index in [0.29, 0.717) is 38.6 Å². The molecule has 1 aromatic carbocycles. The molecule has 0 bridgehead atoms. The third-order valence-electron chi connectivity index (χ3n) is 6.10. The maximum atomic E-state index is 12.8. The fourth-order valence-corrected chi connectivity index (χ4v) is 4.73. The van der Waals surface area contributed by atoms with Crippen molar-refractivity contribution in [3.63, 3.8) is 0 Å². The summed E-state index contributed by atoms with van der Waals surface area (Å²) < 4.78 is 6.01. The number of likely N-dealkylation sites (tertiary alicyclic amines) is 1. The maximum absolute atomic E-state index is 12.8. The van der Waals surface area contributed by atoms with Gasteiger partial charge in [-0.1, -0.05) is 43.2 Å². The summed E-state index contributed by atoms with van der Waals surface area (Å²) in [6.07, 6.45) is 5.94. The SMILES string of the molecule is O=C1C[C@H](Cc2ccccc2)CN1CC(=O)N1CCOC2(CCCC2)C1. The Balaban J connectivity index is 1.32. The van der Waals surface area contributed by atoms with Gasteiger partial charge in [-0.15, -0.1) is 0 Å². The van der Waals surface area contributed by atoms with Gasteiger partial charge in [0.05, 0.1) is 18.8 Å². The highest BCUT2D eigenvalue weighted by molar-refractivity contribution is 5.86. The molecule has 5 heteroatoms. The van der Waals surface area contributed by atoms with Gasteiger partial charge in [0.15, 0.2) is 0 Å². The molecule has 5 nitrogen and oxygen atoms in total. The Kier molecular flexibility index (Phi) is 4.98. The topological polar surface area (TPSA) is 49.9 Å². The summed E-state index contributed by atoms with van der Waals surface area (Å²) in [6.45, 7) is 2.88. The Morgan fingerprint density at radius 1 is 1.19 bits per heavy atom. The summed E-state index contributed by atoms with van der Waals surface area (Å²) in [4.78, 5) is 28.8. The van der Waals surface area contributed by atoms with Gasteiger partial charge < -0.3 is 14.5 Å². The smallest absolute Gasteiger partial charge is 0.242 e. The molecule has 3 fully saturated rings. The third-order valence-corrected chi connectivity index (χ3v) is 6.10. The van der Waals surface area contributed by atoms with Crippen LogP contribution >= 0.6 is 0 Å². The zero-order chi connectivity index (χ0) is 18.0. The van der Waals surface area contributed by atoms with Crippen LogP contribution in [0.2, 0.25) is 0 Å². The van der Waals surface area contributed by atoms with Crippen molar-refractivity contribution in [2.75, 3.05) is 32.8 Å². The van der Waals surface area contributed by atoms with Crippen LogP contribution in [0.3, 0.4) is 0 Å². The second-order valence-electron chi connectivity index (χ2n) is 8.09. The minimum Gasteiger partial charge on any atom is -0.371 e. The van der Waals surface area contributed by atoms with E-state index in [4.69, 9.17) is 4.74 Å². The average Bonchev–Trinajstić information content (AvgIpc) is 3.23. The first kappa shape index (κ1) is 17.5. The first-order valence-corrected chi connectivity index (χ1v) is 9.87. The number of morpholine rings is 1. The molecule has 2 amide bonds. The Bertz CT molecular complexity index is 654. The quantitative estimate of drug-likeness (QED) is 0.831. The van der Waals surface area contributed by atoms with E-state index in [-0.39, 0.29) is 24.0 Å². The Morgan fingerprint density at radius 2 is 1.96 bits per heavy atom. The van der Waals surface area contributed by atoms with Gasteiger partial charge in [-0.2, -0.15) is 0 Å². The van der Waals surface area contributed by atoms with Crippen molar-refractivity contribution >= 4 is 11.8 Å². The highest BCUT2D eigenvalue weighted by atomic mass is 16.5. The molecule has 1 aliphatic carbocycles. The lowest BCUT2D eigenvalue weighted by molar-refractivity contribution is -0.152. The van der Waals surface area contributed by atoms with Gasteiger partial charge in [0.1, 0.15) is 0 Å². The van der Waals surface area contributed by atoms with E-state index >= 15 is 0 Å². The molecule has 2 saturated heterocycles. The van der Waals surface area contributed by atoms with E-state index in [0.717, 1.165) is 19.3 Å². The molecule has 1 aromatic rings. The zero-order valence-corrected chi connectivity index (χ0v) is 15.4. The van der Waals surface area contributed by atoms with Crippen LogP contribution in [0.15, 0.2) is 30.3 Å². The Labute approximate surface area is 155 Å². The van der Waals surface area contributed by atoms with Crippen LogP contribution < -0.4 is 0 Å². The van der Waals surface area contributed by atoms with E-state index in [9.17, 15) is 9.59 Å². The Morgan fingerprint density at radius 3 is 2.73 bits per heavy atom. The van der Waals surface area contributed by atoms with Gasteiger partial charge in [-0.3, -0.25) is 9.59 Å². The lowest BCUT2D eigenvalue weighted by Gasteiger charge is -2.41. The van der Waals surface area contributed by atoms with Crippen LogP contribution in [0.1, 0.15) is 37.7 Å². The predicted molar refractivity (Wildman–Crippen MR) is 98.6 cm³/mol. The van der Waals surface area contributed by atoms with E-state index in [2.05, 4.69) is 12.1 Å². The van der Waals surface area contributed by atoms with Gasteiger partial charge in [0.25, 0.3) is 0 Å². The molecule has 2 heterocycles. The molecular weight excluding hydrogens is 328 g/mol. The first-order chi connectivity index (χ1) is 12.6. The molecule has 2 aliphatic heterocycles. The number of carbonyl (C=O) groups excluding carboxylic acids is 2. The van der Waals surface area contributed by atoms with Crippen molar-refractivity contribution in [1.82, 2.24) is 9.80 Å². The third kappa shape index (κ3) is 3.78. The van der Waals surface area contributed by atoms with Crippen LogP contribution in [-0.4, -0.2) is 60.0 Å². The summed E-state index contributed by atoms with van der Waals surface area (Å²) >= 11 is 0. The molecule has 26 heavy (non-hydrogen) atoms. The second kappa shape index (κ2) is 7.39. The van der Waals surface area contributed by atoms with Crippen molar-refractivity contribution in [1.29, 1.82) is 0 Å². The number of carbonyl (C=O) groups is 2. The lowest BCUT2D eigenvalue weighted by atomic mass is 9.99. The standard InChI is InChI=1S/C21H28N2O3/c24-19-13-18(12-17-6-2-1-3-7-17)14-23(19)15-20(25)22-10-11-26-21(16-22)8-4-5-9-21/h1-3,6-7,18H,4-5,8-16H2/t18-/m0/s1. The molecule has 1 spiro atoms. The van der Waals surface area contributed by atoms with Gasteiger partial charge in [0.2, 0.25) is 11.8 Å². The summed E-state index contributed by atoms with van der Waals surface area (Å²) in [7, 11) is 0. The molecule has 0 aromatic heterocycles. The monoisotopic (exact) mass is 356 g/mol. The maximum Gasteiger partial charge on any atom is 0.242 e. The highest BCUT2D eigenvalue weighted by Crippen LogP contribution is 2.36. The van der Waals surface area contributed by atoms with Crippen LogP contribution in [0.5, 0.6) is 0 Å². The van der Waals surface area contributed by atoms with Crippen LogP contribution in [0.4, 0.5) is 0 Å². The van der Waals surface area contributed by atoms with Crippen molar-refractivity contribution in [3.05, 3.63) is 35.9 Å². The van der Waals surface area contributed by atoms with Crippen LogP contribution in [0, 0.1) is 5.92 Å². The van der Waals surface area contributed by atoms with Gasteiger partial charge >= 0.3 is 0 Å². The highest BCUT2D eigenvalue weighted by Gasteiger charge is 2.41.